The molecule has 4 aromatic rings. The molecule has 7 rings (SSSR count). The number of carbonyl (C=O) groups is 5. The van der Waals surface area contributed by atoms with E-state index in [-0.39, 0.29) is 56.1 Å². The summed E-state index contributed by atoms with van der Waals surface area (Å²) in [5.74, 6) is -2.87. The molecule has 0 radical (unpaired) electrons. The van der Waals surface area contributed by atoms with Gasteiger partial charge in [-0.05, 0) is 96.8 Å². The van der Waals surface area contributed by atoms with Gasteiger partial charge in [0.05, 0.1) is 30.5 Å². The van der Waals surface area contributed by atoms with Crippen LogP contribution in [-0.2, 0) is 59.4 Å². The van der Waals surface area contributed by atoms with Crippen molar-refractivity contribution < 1.29 is 38.6 Å². The summed E-state index contributed by atoms with van der Waals surface area (Å²) in [4.78, 5) is 76.3. The maximum atomic E-state index is 14.6. The third-order valence-electron chi connectivity index (χ3n) is 12.7. The third-order valence-corrected chi connectivity index (χ3v) is 12.7. The molecule has 2 fully saturated rings. The number of esters is 1. The number of phenolic OH excluding ortho intramolecular Hbond substituents is 1. The summed E-state index contributed by atoms with van der Waals surface area (Å²) in [5, 5.41) is 16.6. The van der Waals surface area contributed by atoms with E-state index >= 15 is 0 Å². The van der Waals surface area contributed by atoms with Gasteiger partial charge in [-0.2, -0.15) is 0 Å². The molecular formula is C49H61N7O8. The molecule has 2 aromatic heterocycles. The van der Waals surface area contributed by atoms with Gasteiger partial charge in [-0.1, -0.05) is 46.4 Å². The first-order chi connectivity index (χ1) is 30.5. The number of cyclic esters (lactones) is 1. The molecule has 0 aliphatic carbocycles. The molecule has 5 heterocycles. The standard InChI is InChI=1S/C49H61N7O8/c1-9-42(58)54-25-33(26-54)46(60)53(7)43(29(3)4)45(59)51-39-21-30-19-32(22-34(57)20-30)31-15-16-41-36(23-31)37(44(55(41)10-2)35-13-11-17-50-40(35)27-63-8)24-49(5,6)28-64-48(62)38-14-12-18-56(52-38)47(39)61/h9,11,13,15-17,19-20,22-23,29,33,38-39,43,52,57H,1,10,12,14,18,21,24-28H2,2-8H3,(H,51,59)/t38-,39?,43-/m0/s1. The van der Waals surface area contributed by atoms with Crippen LogP contribution in [0.25, 0.3) is 33.3 Å². The van der Waals surface area contributed by atoms with E-state index in [0.29, 0.717) is 43.5 Å². The van der Waals surface area contributed by atoms with E-state index in [1.165, 1.54) is 20.9 Å². The van der Waals surface area contributed by atoms with E-state index < -0.39 is 47.2 Å². The van der Waals surface area contributed by atoms with Crippen molar-refractivity contribution in [2.24, 2.45) is 17.3 Å². The topological polar surface area (TPSA) is 176 Å². The average molecular weight is 876 g/mol. The van der Waals surface area contributed by atoms with Crippen LogP contribution in [0.2, 0.25) is 0 Å². The normalized spacial score (nSPS) is 19.7. The number of hydrogen-bond acceptors (Lipinski definition) is 10. The number of likely N-dealkylation sites (N-methyl/N-ethyl adjacent to an activating group) is 1. The predicted octanol–water partition coefficient (Wildman–Crippen LogP) is 5.02. The molecule has 3 aliphatic rings. The molecule has 340 valence electrons. The number of hydrazine groups is 1. The van der Waals surface area contributed by atoms with Crippen molar-refractivity contribution in [3.05, 3.63) is 84.2 Å². The van der Waals surface area contributed by atoms with E-state index in [1.54, 1.807) is 32.5 Å². The largest absolute Gasteiger partial charge is 0.508 e. The van der Waals surface area contributed by atoms with Gasteiger partial charge in [-0.25, -0.2) is 5.43 Å². The highest BCUT2D eigenvalue weighted by Gasteiger charge is 2.42. The van der Waals surface area contributed by atoms with Gasteiger partial charge in [0.2, 0.25) is 17.7 Å². The lowest BCUT2D eigenvalue weighted by molar-refractivity contribution is -0.155. The molecule has 2 aromatic carbocycles. The van der Waals surface area contributed by atoms with E-state index in [2.05, 4.69) is 60.9 Å². The summed E-state index contributed by atoms with van der Waals surface area (Å²) >= 11 is 0. The summed E-state index contributed by atoms with van der Waals surface area (Å²) in [6, 6.07) is 12.5. The summed E-state index contributed by atoms with van der Waals surface area (Å²) in [6.45, 7) is 15.2. The SMILES string of the molecule is C=CC(=O)N1CC(C(=O)N(C)[C@H](C(=O)NC2Cc3cc(O)cc(c3)-c3ccc4c(c3)c(c(-c3cccnc3COC)n4CC)CC(C)(C)COC(=O)[C@@H]3CCCN(N3)C2=O)C(C)C)C1. The van der Waals surface area contributed by atoms with E-state index in [0.717, 1.165) is 39.0 Å². The molecule has 4 amide bonds. The predicted molar refractivity (Wildman–Crippen MR) is 242 cm³/mol. The highest BCUT2D eigenvalue weighted by Crippen LogP contribution is 2.41. The Labute approximate surface area is 374 Å². The molecule has 64 heavy (non-hydrogen) atoms. The number of carbonyl (C=O) groups excluding carboxylic acids is 5. The first kappa shape index (κ1) is 45.9. The minimum Gasteiger partial charge on any atom is -0.508 e. The molecule has 1 unspecified atom stereocenters. The zero-order valence-corrected chi connectivity index (χ0v) is 38.0. The number of ether oxygens (including phenoxy) is 2. The van der Waals surface area contributed by atoms with Gasteiger partial charge < -0.3 is 34.3 Å². The second-order valence-electron chi connectivity index (χ2n) is 18.4. The lowest BCUT2D eigenvalue weighted by Gasteiger charge is -2.41. The molecular weight excluding hydrogens is 815 g/mol. The Morgan fingerprint density at radius 1 is 1.12 bits per heavy atom. The summed E-state index contributed by atoms with van der Waals surface area (Å²) in [5.41, 5.74) is 9.52. The zero-order chi connectivity index (χ0) is 46.0. The third kappa shape index (κ3) is 9.41. The number of benzene rings is 2. The number of methoxy groups -OCH3 is 1. The summed E-state index contributed by atoms with van der Waals surface area (Å²) in [6.07, 6.45) is 4.45. The minimum atomic E-state index is -1.16. The van der Waals surface area contributed by atoms with Gasteiger partial charge in [-0.15, -0.1) is 0 Å². The van der Waals surface area contributed by atoms with Crippen LogP contribution in [0, 0.1) is 17.3 Å². The molecule has 0 spiro atoms. The van der Waals surface area contributed by atoms with Crippen LogP contribution < -0.4 is 10.7 Å². The molecule has 2 saturated heterocycles. The lowest BCUT2D eigenvalue weighted by Crippen LogP contribution is -2.63. The first-order valence-corrected chi connectivity index (χ1v) is 22.2. The number of nitrogens with one attached hydrogen (secondary N) is 2. The Kier molecular flexibility index (Phi) is 13.6. The summed E-state index contributed by atoms with van der Waals surface area (Å²) in [7, 11) is 3.22. The zero-order valence-electron chi connectivity index (χ0n) is 38.0. The average Bonchev–Trinajstić information content (AvgIpc) is 3.55. The number of rotatable bonds is 10. The van der Waals surface area contributed by atoms with Gasteiger partial charge in [0, 0.05) is 74.8 Å². The number of phenols is 1. The fourth-order valence-corrected chi connectivity index (χ4v) is 9.47. The van der Waals surface area contributed by atoms with Crippen molar-refractivity contribution in [3.8, 4) is 28.1 Å². The Hall–Kier alpha value is -6.06. The number of hydrogen-bond donors (Lipinski definition) is 3. The number of aryl methyl sites for hydroxylation is 1. The van der Waals surface area contributed by atoms with Crippen molar-refractivity contribution in [1.82, 2.24) is 35.1 Å². The minimum absolute atomic E-state index is 0.00960. The number of pyridine rings is 1. The number of likely N-dealkylation sites (tertiary alicyclic amines) is 1. The van der Waals surface area contributed by atoms with Crippen LogP contribution in [0.5, 0.6) is 5.75 Å². The van der Waals surface area contributed by atoms with Gasteiger partial charge in [-0.3, -0.25) is 34.0 Å². The maximum Gasteiger partial charge on any atom is 0.324 e. The second kappa shape index (κ2) is 19.0. The molecule has 15 nitrogen and oxygen atoms in total. The van der Waals surface area contributed by atoms with Crippen molar-refractivity contribution >= 4 is 40.5 Å². The van der Waals surface area contributed by atoms with Crippen LogP contribution in [0.15, 0.2) is 67.4 Å². The van der Waals surface area contributed by atoms with E-state index in [1.807, 2.05) is 32.0 Å². The smallest absolute Gasteiger partial charge is 0.324 e. The molecule has 3 N–H and O–H groups in total. The number of aromatic nitrogens is 2. The summed E-state index contributed by atoms with van der Waals surface area (Å²) < 4.78 is 14.0. The quantitative estimate of drug-likeness (QED) is 0.145. The first-order valence-electron chi connectivity index (χ1n) is 22.2. The van der Waals surface area contributed by atoms with Gasteiger partial charge >= 0.3 is 5.97 Å². The Bertz CT molecular complexity index is 2450. The van der Waals surface area contributed by atoms with Crippen LogP contribution in [0.4, 0.5) is 0 Å². The van der Waals surface area contributed by atoms with Crippen molar-refractivity contribution in [2.75, 3.05) is 40.4 Å². The van der Waals surface area contributed by atoms with Crippen LogP contribution >= 0.6 is 0 Å². The molecule has 3 aliphatic heterocycles. The van der Waals surface area contributed by atoms with Gasteiger partial charge in [0.1, 0.15) is 23.9 Å². The van der Waals surface area contributed by atoms with Crippen LogP contribution in [0.1, 0.15) is 64.3 Å². The van der Waals surface area contributed by atoms with Gasteiger partial charge in [0.15, 0.2) is 0 Å². The number of aromatic hydroxyl groups is 1. The van der Waals surface area contributed by atoms with Crippen molar-refractivity contribution in [1.29, 1.82) is 0 Å². The maximum absolute atomic E-state index is 14.6. The monoisotopic (exact) mass is 875 g/mol. The Morgan fingerprint density at radius 3 is 2.59 bits per heavy atom. The van der Waals surface area contributed by atoms with Crippen LogP contribution in [0.3, 0.4) is 0 Å². The number of nitrogens with zero attached hydrogens (tertiary/aromatic N) is 5. The van der Waals surface area contributed by atoms with E-state index in [4.69, 9.17) is 14.5 Å². The van der Waals surface area contributed by atoms with Crippen LogP contribution in [-0.4, -0.2) is 118 Å². The Morgan fingerprint density at radius 2 is 1.89 bits per heavy atom. The molecule has 6 bridgehead atoms. The fourth-order valence-electron chi connectivity index (χ4n) is 9.47. The molecule has 3 atom stereocenters. The highest BCUT2D eigenvalue weighted by atomic mass is 16.5. The van der Waals surface area contributed by atoms with Gasteiger partial charge in [0.25, 0.3) is 5.91 Å². The fraction of sp³-hybridized carbons (Fsp3) is 0.469. The second-order valence-corrected chi connectivity index (χ2v) is 18.4. The van der Waals surface area contributed by atoms with Crippen molar-refractivity contribution in [3.63, 3.8) is 0 Å². The molecule has 15 heteroatoms. The Balaban J connectivity index is 1.30. The van der Waals surface area contributed by atoms with Crippen molar-refractivity contribution in [2.45, 2.75) is 91.6 Å². The number of fused-ring (bicyclic) bond motifs is 6. The van der Waals surface area contributed by atoms with E-state index in [9.17, 15) is 29.1 Å². The highest BCUT2D eigenvalue weighted by molar-refractivity contribution is 5.96. The number of amides is 4. The lowest BCUT2D eigenvalue weighted by atomic mass is 9.84. The molecule has 0 saturated carbocycles.